The van der Waals surface area contributed by atoms with E-state index >= 15 is 0 Å². The summed E-state index contributed by atoms with van der Waals surface area (Å²) < 4.78 is 0. The van der Waals surface area contributed by atoms with Gasteiger partial charge in [0.15, 0.2) is 0 Å². The highest BCUT2D eigenvalue weighted by atomic mass is 16.4. The van der Waals surface area contributed by atoms with Crippen molar-refractivity contribution in [1.29, 1.82) is 0 Å². The summed E-state index contributed by atoms with van der Waals surface area (Å²) in [6.07, 6.45) is 0.809. The molecule has 0 amide bonds. The molecule has 0 saturated heterocycles. The van der Waals surface area contributed by atoms with Crippen molar-refractivity contribution < 1.29 is 9.90 Å². The zero-order chi connectivity index (χ0) is 9.84. The Morgan fingerprint density at radius 2 is 2.31 bits per heavy atom. The molecule has 0 spiro atoms. The van der Waals surface area contributed by atoms with Crippen LogP contribution in [0.4, 0.5) is 0 Å². The van der Waals surface area contributed by atoms with Gasteiger partial charge in [-0.1, -0.05) is 19.1 Å². The molecule has 0 bridgehead atoms. The van der Waals surface area contributed by atoms with Gasteiger partial charge in [-0.25, -0.2) is 4.79 Å². The minimum absolute atomic E-state index is 0.0701. The molecular formula is C10H13NO2. The molecule has 3 N–H and O–H groups in total. The molecule has 70 valence electrons. The molecule has 1 aromatic rings. The maximum absolute atomic E-state index is 10.6. The first kappa shape index (κ1) is 9.74. The Balaban J connectivity index is 2.98. The predicted octanol–water partition coefficient (Wildman–Crippen LogP) is 1.79. The molecule has 3 nitrogen and oxygen atoms in total. The maximum atomic E-state index is 10.6. The van der Waals surface area contributed by atoms with Gasteiger partial charge in [0.05, 0.1) is 5.56 Å². The first-order valence-corrected chi connectivity index (χ1v) is 4.24. The summed E-state index contributed by atoms with van der Waals surface area (Å²) in [6, 6.07) is 6.68. The van der Waals surface area contributed by atoms with E-state index in [0.29, 0.717) is 5.56 Å². The van der Waals surface area contributed by atoms with E-state index < -0.39 is 5.97 Å². The molecule has 0 aliphatic carbocycles. The van der Waals surface area contributed by atoms with Gasteiger partial charge in [0.1, 0.15) is 0 Å². The fourth-order valence-corrected chi connectivity index (χ4v) is 1.14. The number of rotatable bonds is 3. The van der Waals surface area contributed by atoms with E-state index in [9.17, 15) is 4.79 Å². The smallest absolute Gasteiger partial charge is 0.335 e. The average molecular weight is 179 g/mol. The van der Waals surface area contributed by atoms with Crippen LogP contribution in [0.5, 0.6) is 0 Å². The molecule has 1 atom stereocenters. The van der Waals surface area contributed by atoms with Crippen LogP contribution in [0.15, 0.2) is 24.3 Å². The first-order chi connectivity index (χ1) is 6.15. The van der Waals surface area contributed by atoms with Crippen molar-refractivity contribution in [2.24, 2.45) is 5.73 Å². The SMILES string of the molecule is CC[C@@H](N)c1cccc(C(=O)O)c1. The zero-order valence-corrected chi connectivity index (χ0v) is 7.53. The Morgan fingerprint density at radius 1 is 1.62 bits per heavy atom. The van der Waals surface area contributed by atoms with Gasteiger partial charge >= 0.3 is 5.97 Å². The average Bonchev–Trinajstić information content (AvgIpc) is 2.17. The first-order valence-electron chi connectivity index (χ1n) is 4.24. The molecular weight excluding hydrogens is 166 g/mol. The summed E-state index contributed by atoms with van der Waals surface area (Å²) in [4.78, 5) is 10.6. The summed E-state index contributed by atoms with van der Waals surface area (Å²) in [6.45, 7) is 1.97. The number of aromatic carboxylic acids is 1. The van der Waals surface area contributed by atoms with Crippen LogP contribution in [0.25, 0.3) is 0 Å². The third-order valence-electron chi connectivity index (χ3n) is 2.00. The van der Waals surface area contributed by atoms with E-state index in [1.165, 1.54) is 0 Å². The van der Waals surface area contributed by atoms with E-state index in [0.717, 1.165) is 12.0 Å². The summed E-state index contributed by atoms with van der Waals surface area (Å²) in [5.74, 6) is -0.912. The van der Waals surface area contributed by atoms with Gasteiger partial charge in [-0.2, -0.15) is 0 Å². The molecule has 13 heavy (non-hydrogen) atoms. The molecule has 0 fully saturated rings. The van der Waals surface area contributed by atoms with Gasteiger partial charge < -0.3 is 10.8 Å². The number of carboxylic acid groups (broad SMARTS) is 1. The number of carboxylic acids is 1. The van der Waals surface area contributed by atoms with Crippen LogP contribution in [0.1, 0.15) is 35.3 Å². The Kier molecular flexibility index (Phi) is 3.03. The van der Waals surface area contributed by atoms with E-state index in [4.69, 9.17) is 10.8 Å². The fourth-order valence-electron chi connectivity index (χ4n) is 1.14. The minimum atomic E-state index is -0.912. The summed E-state index contributed by atoms with van der Waals surface area (Å²) >= 11 is 0. The van der Waals surface area contributed by atoms with Crippen molar-refractivity contribution in [3.05, 3.63) is 35.4 Å². The molecule has 0 heterocycles. The highest BCUT2D eigenvalue weighted by Gasteiger charge is 2.06. The van der Waals surface area contributed by atoms with Crippen molar-refractivity contribution >= 4 is 5.97 Å². The van der Waals surface area contributed by atoms with Crippen molar-refractivity contribution in [2.45, 2.75) is 19.4 Å². The highest BCUT2D eigenvalue weighted by Crippen LogP contribution is 2.14. The molecule has 0 aliphatic rings. The Hall–Kier alpha value is -1.35. The number of benzene rings is 1. The maximum Gasteiger partial charge on any atom is 0.335 e. The fraction of sp³-hybridized carbons (Fsp3) is 0.300. The quantitative estimate of drug-likeness (QED) is 0.743. The summed E-state index contributed by atoms with van der Waals surface area (Å²) in [5.41, 5.74) is 6.94. The van der Waals surface area contributed by atoms with Crippen LogP contribution in [0.3, 0.4) is 0 Å². The van der Waals surface area contributed by atoms with Gasteiger partial charge in [0, 0.05) is 6.04 Å². The number of hydrogen-bond donors (Lipinski definition) is 2. The van der Waals surface area contributed by atoms with Crippen molar-refractivity contribution in [3.63, 3.8) is 0 Å². The van der Waals surface area contributed by atoms with Gasteiger partial charge in [-0.15, -0.1) is 0 Å². The molecule has 0 aromatic heterocycles. The van der Waals surface area contributed by atoms with Crippen molar-refractivity contribution in [3.8, 4) is 0 Å². The standard InChI is InChI=1S/C10H13NO2/c1-2-9(11)7-4-3-5-8(6-7)10(12)13/h3-6,9H,2,11H2,1H3,(H,12,13)/t9-/m1/s1. The third kappa shape index (κ3) is 2.29. The molecule has 3 heteroatoms. The lowest BCUT2D eigenvalue weighted by Gasteiger charge is -2.08. The van der Waals surface area contributed by atoms with E-state index in [-0.39, 0.29) is 6.04 Å². The number of nitrogens with two attached hydrogens (primary N) is 1. The predicted molar refractivity (Wildman–Crippen MR) is 50.6 cm³/mol. The topological polar surface area (TPSA) is 63.3 Å². The second-order valence-electron chi connectivity index (χ2n) is 2.95. The second-order valence-corrected chi connectivity index (χ2v) is 2.95. The highest BCUT2D eigenvalue weighted by molar-refractivity contribution is 5.87. The van der Waals surface area contributed by atoms with Crippen LogP contribution in [0.2, 0.25) is 0 Å². The Bertz CT molecular complexity index is 310. The van der Waals surface area contributed by atoms with E-state index in [1.54, 1.807) is 18.2 Å². The largest absolute Gasteiger partial charge is 0.478 e. The van der Waals surface area contributed by atoms with Crippen LogP contribution < -0.4 is 5.73 Å². The van der Waals surface area contributed by atoms with Gasteiger partial charge in [-0.05, 0) is 24.1 Å². The van der Waals surface area contributed by atoms with Crippen LogP contribution in [-0.4, -0.2) is 11.1 Å². The normalized spacial score (nSPS) is 12.5. The number of hydrogen-bond acceptors (Lipinski definition) is 2. The van der Waals surface area contributed by atoms with Crippen molar-refractivity contribution in [1.82, 2.24) is 0 Å². The Labute approximate surface area is 77.2 Å². The van der Waals surface area contributed by atoms with Crippen LogP contribution >= 0.6 is 0 Å². The van der Waals surface area contributed by atoms with Gasteiger partial charge in [0.2, 0.25) is 0 Å². The van der Waals surface area contributed by atoms with Gasteiger partial charge in [0.25, 0.3) is 0 Å². The summed E-state index contributed by atoms with van der Waals surface area (Å²) in [5, 5.41) is 8.72. The molecule has 0 saturated carbocycles. The lowest BCUT2D eigenvalue weighted by molar-refractivity contribution is 0.0696. The number of carbonyl (C=O) groups is 1. The molecule has 0 unspecified atom stereocenters. The van der Waals surface area contributed by atoms with Crippen LogP contribution in [0, 0.1) is 0 Å². The molecule has 0 radical (unpaired) electrons. The van der Waals surface area contributed by atoms with Crippen LogP contribution in [-0.2, 0) is 0 Å². The van der Waals surface area contributed by atoms with E-state index in [1.807, 2.05) is 13.0 Å². The lowest BCUT2D eigenvalue weighted by Crippen LogP contribution is -2.09. The Morgan fingerprint density at radius 3 is 2.85 bits per heavy atom. The van der Waals surface area contributed by atoms with Crippen molar-refractivity contribution in [2.75, 3.05) is 0 Å². The van der Waals surface area contributed by atoms with E-state index in [2.05, 4.69) is 0 Å². The second kappa shape index (κ2) is 4.05. The monoisotopic (exact) mass is 179 g/mol. The van der Waals surface area contributed by atoms with Gasteiger partial charge in [-0.3, -0.25) is 0 Å². The summed E-state index contributed by atoms with van der Waals surface area (Å²) in [7, 11) is 0. The molecule has 1 aromatic carbocycles. The minimum Gasteiger partial charge on any atom is -0.478 e. The lowest BCUT2D eigenvalue weighted by atomic mass is 10.0. The molecule has 0 aliphatic heterocycles. The zero-order valence-electron chi connectivity index (χ0n) is 7.53. The third-order valence-corrected chi connectivity index (χ3v) is 2.00. The molecule has 1 rings (SSSR count).